The highest BCUT2D eigenvalue weighted by molar-refractivity contribution is 5.89. The Kier molecular flexibility index (Phi) is 7.33. The fraction of sp³-hybridized carbons (Fsp3) is 0.364. The number of rotatable bonds is 8. The Morgan fingerprint density at radius 3 is 2.59 bits per heavy atom. The van der Waals surface area contributed by atoms with Crippen molar-refractivity contribution in [1.29, 1.82) is 0 Å². The largest absolute Gasteiger partial charge is 0.354 e. The fourth-order valence-corrected chi connectivity index (χ4v) is 3.42. The van der Waals surface area contributed by atoms with E-state index in [0.717, 1.165) is 17.5 Å². The van der Waals surface area contributed by atoms with Crippen LogP contribution in [0.5, 0.6) is 0 Å². The zero-order valence-corrected chi connectivity index (χ0v) is 16.3. The standard InChI is InChI=1S/C22H26N4O3/c27-20(25-16-18-8-4-11-23-15-18)10-12-24-22(29)19-9-5-13-26(19)21(28)14-17-6-2-1-3-7-17/h1-4,6-8,11,15,19H,5,9-10,12-14,16H2,(H,24,29)(H,25,27). The van der Waals surface area contributed by atoms with E-state index >= 15 is 0 Å². The van der Waals surface area contributed by atoms with Gasteiger partial charge in [-0.05, 0) is 30.0 Å². The molecule has 29 heavy (non-hydrogen) atoms. The van der Waals surface area contributed by atoms with E-state index in [-0.39, 0.29) is 30.7 Å². The van der Waals surface area contributed by atoms with Gasteiger partial charge in [-0.2, -0.15) is 0 Å². The average Bonchev–Trinajstić information content (AvgIpc) is 3.24. The Hall–Kier alpha value is -3.22. The molecule has 1 aliphatic heterocycles. The van der Waals surface area contributed by atoms with Crippen molar-refractivity contribution in [3.05, 3.63) is 66.0 Å². The molecule has 0 bridgehead atoms. The summed E-state index contributed by atoms with van der Waals surface area (Å²) in [4.78, 5) is 42.7. The lowest BCUT2D eigenvalue weighted by molar-refractivity contribution is -0.138. The van der Waals surface area contributed by atoms with Gasteiger partial charge in [0.1, 0.15) is 6.04 Å². The first-order valence-electron chi connectivity index (χ1n) is 9.90. The van der Waals surface area contributed by atoms with Gasteiger partial charge in [0.05, 0.1) is 6.42 Å². The molecule has 1 atom stereocenters. The molecule has 152 valence electrons. The lowest BCUT2D eigenvalue weighted by Gasteiger charge is -2.24. The van der Waals surface area contributed by atoms with Gasteiger partial charge in [-0.3, -0.25) is 19.4 Å². The minimum absolute atomic E-state index is 0.0388. The minimum Gasteiger partial charge on any atom is -0.354 e. The first kappa shape index (κ1) is 20.5. The molecular weight excluding hydrogens is 368 g/mol. The van der Waals surface area contributed by atoms with Crippen LogP contribution in [0.3, 0.4) is 0 Å². The number of aromatic nitrogens is 1. The Labute approximate surface area is 170 Å². The van der Waals surface area contributed by atoms with Crippen LogP contribution in [0, 0.1) is 0 Å². The van der Waals surface area contributed by atoms with Crippen molar-refractivity contribution in [2.24, 2.45) is 0 Å². The molecule has 7 nitrogen and oxygen atoms in total. The SMILES string of the molecule is O=C(CCNC(=O)C1CCCN1C(=O)Cc1ccccc1)NCc1cccnc1. The number of nitrogens with one attached hydrogen (secondary N) is 2. The van der Waals surface area contributed by atoms with Crippen molar-refractivity contribution in [1.82, 2.24) is 20.5 Å². The van der Waals surface area contributed by atoms with Crippen molar-refractivity contribution in [2.75, 3.05) is 13.1 Å². The topological polar surface area (TPSA) is 91.4 Å². The quantitative estimate of drug-likeness (QED) is 0.709. The summed E-state index contributed by atoms with van der Waals surface area (Å²) in [6.45, 7) is 1.25. The third-order valence-corrected chi connectivity index (χ3v) is 4.94. The summed E-state index contributed by atoms with van der Waals surface area (Å²) < 4.78 is 0. The highest BCUT2D eigenvalue weighted by Crippen LogP contribution is 2.19. The predicted molar refractivity (Wildman–Crippen MR) is 109 cm³/mol. The van der Waals surface area contributed by atoms with E-state index in [1.165, 1.54) is 0 Å². The molecule has 1 unspecified atom stereocenters. The van der Waals surface area contributed by atoms with E-state index in [4.69, 9.17) is 0 Å². The number of likely N-dealkylation sites (tertiary alicyclic amines) is 1. The van der Waals surface area contributed by atoms with Crippen LogP contribution in [0.1, 0.15) is 30.4 Å². The van der Waals surface area contributed by atoms with E-state index in [0.29, 0.717) is 25.9 Å². The van der Waals surface area contributed by atoms with Gasteiger partial charge in [0, 0.05) is 38.4 Å². The van der Waals surface area contributed by atoms with Gasteiger partial charge < -0.3 is 15.5 Å². The predicted octanol–water partition coefficient (Wildman–Crippen LogP) is 1.44. The smallest absolute Gasteiger partial charge is 0.242 e. The molecule has 3 amide bonds. The number of amides is 3. The number of benzene rings is 1. The second kappa shape index (κ2) is 10.4. The van der Waals surface area contributed by atoms with Gasteiger partial charge in [-0.25, -0.2) is 0 Å². The Bertz CT molecular complexity index is 826. The second-order valence-electron chi connectivity index (χ2n) is 7.09. The van der Waals surface area contributed by atoms with Crippen LogP contribution in [0.2, 0.25) is 0 Å². The molecular formula is C22H26N4O3. The minimum atomic E-state index is -0.454. The van der Waals surface area contributed by atoms with E-state index < -0.39 is 6.04 Å². The maximum absolute atomic E-state index is 12.6. The third kappa shape index (κ3) is 6.14. The summed E-state index contributed by atoms with van der Waals surface area (Å²) in [5.74, 6) is -0.371. The van der Waals surface area contributed by atoms with Gasteiger partial charge in [-0.1, -0.05) is 36.4 Å². The van der Waals surface area contributed by atoms with Crippen molar-refractivity contribution in [2.45, 2.75) is 38.3 Å². The molecule has 1 aliphatic rings. The maximum atomic E-state index is 12.6. The van der Waals surface area contributed by atoms with E-state index in [1.807, 2.05) is 42.5 Å². The molecule has 7 heteroatoms. The number of carbonyl (C=O) groups excluding carboxylic acids is 3. The van der Waals surface area contributed by atoms with Gasteiger partial charge in [0.15, 0.2) is 0 Å². The summed E-state index contributed by atoms with van der Waals surface area (Å²) in [5.41, 5.74) is 1.86. The molecule has 0 spiro atoms. The zero-order valence-electron chi connectivity index (χ0n) is 16.3. The van der Waals surface area contributed by atoms with Crippen LogP contribution in [0.25, 0.3) is 0 Å². The Balaban J connectivity index is 1.41. The normalized spacial score (nSPS) is 15.7. The highest BCUT2D eigenvalue weighted by atomic mass is 16.2. The molecule has 2 aromatic rings. The molecule has 2 heterocycles. The van der Waals surface area contributed by atoms with Gasteiger partial charge >= 0.3 is 0 Å². The van der Waals surface area contributed by atoms with Crippen molar-refractivity contribution < 1.29 is 14.4 Å². The molecule has 0 saturated carbocycles. The first-order valence-corrected chi connectivity index (χ1v) is 9.90. The van der Waals surface area contributed by atoms with Gasteiger partial charge in [0.25, 0.3) is 0 Å². The van der Waals surface area contributed by atoms with E-state index in [1.54, 1.807) is 17.3 Å². The fourth-order valence-electron chi connectivity index (χ4n) is 3.42. The average molecular weight is 394 g/mol. The van der Waals surface area contributed by atoms with Crippen molar-refractivity contribution >= 4 is 17.7 Å². The molecule has 1 saturated heterocycles. The van der Waals surface area contributed by atoms with Gasteiger partial charge in [-0.15, -0.1) is 0 Å². The van der Waals surface area contributed by atoms with Crippen LogP contribution < -0.4 is 10.6 Å². The summed E-state index contributed by atoms with van der Waals surface area (Å²) in [6.07, 6.45) is 5.32. The molecule has 0 aliphatic carbocycles. The summed E-state index contributed by atoms with van der Waals surface area (Å²) in [7, 11) is 0. The molecule has 1 aromatic heterocycles. The van der Waals surface area contributed by atoms with Crippen molar-refractivity contribution in [3.8, 4) is 0 Å². The number of hydrogen-bond donors (Lipinski definition) is 2. The van der Waals surface area contributed by atoms with Crippen LogP contribution in [0.15, 0.2) is 54.9 Å². The summed E-state index contributed by atoms with van der Waals surface area (Å²) in [5, 5.41) is 5.60. The summed E-state index contributed by atoms with van der Waals surface area (Å²) in [6, 6.07) is 12.8. The number of pyridine rings is 1. The maximum Gasteiger partial charge on any atom is 0.242 e. The van der Waals surface area contributed by atoms with Crippen LogP contribution in [0.4, 0.5) is 0 Å². The van der Waals surface area contributed by atoms with Crippen LogP contribution >= 0.6 is 0 Å². The second-order valence-corrected chi connectivity index (χ2v) is 7.09. The first-order chi connectivity index (χ1) is 14.1. The molecule has 1 aromatic carbocycles. The lowest BCUT2D eigenvalue weighted by Crippen LogP contribution is -2.47. The highest BCUT2D eigenvalue weighted by Gasteiger charge is 2.33. The van der Waals surface area contributed by atoms with Crippen LogP contribution in [-0.2, 0) is 27.3 Å². The van der Waals surface area contributed by atoms with E-state index in [9.17, 15) is 14.4 Å². The van der Waals surface area contributed by atoms with Gasteiger partial charge in [0.2, 0.25) is 17.7 Å². The summed E-state index contributed by atoms with van der Waals surface area (Å²) >= 11 is 0. The zero-order chi connectivity index (χ0) is 20.5. The van der Waals surface area contributed by atoms with E-state index in [2.05, 4.69) is 15.6 Å². The van der Waals surface area contributed by atoms with Crippen LogP contribution in [-0.4, -0.2) is 46.7 Å². The number of carbonyl (C=O) groups is 3. The van der Waals surface area contributed by atoms with Crippen molar-refractivity contribution in [3.63, 3.8) is 0 Å². The molecule has 1 fully saturated rings. The molecule has 0 radical (unpaired) electrons. The molecule has 3 rings (SSSR count). The number of nitrogens with zero attached hydrogens (tertiary/aromatic N) is 2. The third-order valence-electron chi connectivity index (χ3n) is 4.94. The lowest BCUT2D eigenvalue weighted by atomic mass is 10.1. The Morgan fingerprint density at radius 2 is 1.83 bits per heavy atom. The molecule has 2 N–H and O–H groups in total. The monoisotopic (exact) mass is 394 g/mol. The Morgan fingerprint density at radius 1 is 1.03 bits per heavy atom. The number of hydrogen-bond acceptors (Lipinski definition) is 4.